The maximum absolute atomic E-state index is 13.1. The monoisotopic (exact) mass is 538 g/mol. The van der Waals surface area contributed by atoms with Gasteiger partial charge in [0.05, 0.1) is 16.4 Å². The van der Waals surface area contributed by atoms with Crippen molar-refractivity contribution >= 4 is 29.1 Å². The summed E-state index contributed by atoms with van der Waals surface area (Å²) in [6.07, 6.45) is 1.73. The van der Waals surface area contributed by atoms with Gasteiger partial charge in [-0.05, 0) is 50.2 Å². The standard InChI is InChI=1S/C27H28Cl2N6O2/c1-19-23(20(2)35(30-19)22-6-4-3-5-7-22)17-32-12-14-33(15-13-32)27(36)25-10-11-34(31-25)18-37-26-9-8-21(28)16-24(26)29/h3-11,16H,12-15,17-18H2,1-2H3. The van der Waals surface area contributed by atoms with E-state index in [0.717, 1.165) is 36.7 Å². The Kier molecular flexibility index (Phi) is 7.50. The number of ether oxygens (including phenoxy) is 1. The molecule has 0 atom stereocenters. The van der Waals surface area contributed by atoms with Crippen molar-refractivity contribution in [1.29, 1.82) is 0 Å². The van der Waals surface area contributed by atoms with E-state index in [0.29, 0.717) is 34.6 Å². The van der Waals surface area contributed by atoms with E-state index in [9.17, 15) is 4.79 Å². The molecular formula is C27H28Cl2N6O2. The fourth-order valence-corrected chi connectivity index (χ4v) is 4.96. The van der Waals surface area contributed by atoms with Gasteiger partial charge in [0.25, 0.3) is 5.91 Å². The number of benzene rings is 2. The van der Waals surface area contributed by atoms with E-state index in [4.69, 9.17) is 33.0 Å². The first kappa shape index (κ1) is 25.3. The van der Waals surface area contributed by atoms with Crippen LogP contribution in [0.5, 0.6) is 5.75 Å². The second kappa shape index (κ2) is 11.0. The first-order valence-electron chi connectivity index (χ1n) is 12.1. The van der Waals surface area contributed by atoms with Crippen molar-refractivity contribution in [2.45, 2.75) is 27.1 Å². The molecule has 0 aliphatic carbocycles. The number of halogens is 2. The normalized spacial score (nSPS) is 14.2. The van der Waals surface area contributed by atoms with E-state index in [-0.39, 0.29) is 12.6 Å². The average Bonchev–Trinajstić information content (AvgIpc) is 3.49. The van der Waals surface area contributed by atoms with Gasteiger partial charge in [-0.1, -0.05) is 41.4 Å². The Morgan fingerprint density at radius 3 is 2.46 bits per heavy atom. The van der Waals surface area contributed by atoms with E-state index >= 15 is 0 Å². The summed E-state index contributed by atoms with van der Waals surface area (Å²) >= 11 is 12.1. The van der Waals surface area contributed by atoms with Crippen LogP contribution in [-0.4, -0.2) is 61.4 Å². The third kappa shape index (κ3) is 5.66. The van der Waals surface area contributed by atoms with E-state index in [1.54, 1.807) is 35.1 Å². The van der Waals surface area contributed by atoms with E-state index in [1.807, 2.05) is 27.8 Å². The molecule has 1 fully saturated rings. The zero-order valence-corrected chi connectivity index (χ0v) is 22.3. The molecule has 2 aromatic heterocycles. The molecule has 0 N–H and O–H groups in total. The average molecular weight is 539 g/mol. The Hall–Kier alpha value is -3.33. The molecule has 0 radical (unpaired) electrons. The number of para-hydroxylation sites is 1. The summed E-state index contributed by atoms with van der Waals surface area (Å²) in [5.41, 5.74) is 4.88. The van der Waals surface area contributed by atoms with Crippen LogP contribution in [0.4, 0.5) is 0 Å². The van der Waals surface area contributed by atoms with Crippen LogP contribution in [0.1, 0.15) is 27.4 Å². The van der Waals surface area contributed by atoms with E-state index in [2.05, 4.69) is 36.0 Å². The van der Waals surface area contributed by atoms with Crippen LogP contribution in [0.3, 0.4) is 0 Å². The van der Waals surface area contributed by atoms with Gasteiger partial charge < -0.3 is 9.64 Å². The molecule has 1 amide bonds. The van der Waals surface area contributed by atoms with Crippen molar-refractivity contribution in [1.82, 2.24) is 29.4 Å². The molecule has 0 saturated carbocycles. The number of amides is 1. The van der Waals surface area contributed by atoms with Gasteiger partial charge in [0.15, 0.2) is 12.4 Å². The summed E-state index contributed by atoms with van der Waals surface area (Å²) < 4.78 is 9.29. The fraction of sp³-hybridized carbons (Fsp3) is 0.296. The molecule has 1 aliphatic heterocycles. The van der Waals surface area contributed by atoms with Crippen molar-refractivity contribution < 1.29 is 9.53 Å². The summed E-state index contributed by atoms with van der Waals surface area (Å²) in [6, 6.07) is 16.9. The summed E-state index contributed by atoms with van der Waals surface area (Å²) in [5, 5.41) is 10.1. The van der Waals surface area contributed by atoms with Crippen molar-refractivity contribution in [2.75, 3.05) is 26.2 Å². The molecule has 37 heavy (non-hydrogen) atoms. The van der Waals surface area contributed by atoms with Gasteiger partial charge in [-0.25, -0.2) is 9.36 Å². The van der Waals surface area contributed by atoms with Crippen LogP contribution < -0.4 is 4.74 Å². The maximum Gasteiger partial charge on any atom is 0.274 e. The molecule has 5 rings (SSSR count). The molecule has 0 bridgehead atoms. The Bertz CT molecular complexity index is 1390. The lowest BCUT2D eigenvalue weighted by Crippen LogP contribution is -2.48. The highest BCUT2D eigenvalue weighted by atomic mass is 35.5. The zero-order valence-electron chi connectivity index (χ0n) is 20.8. The van der Waals surface area contributed by atoms with E-state index in [1.165, 1.54) is 5.56 Å². The summed E-state index contributed by atoms with van der Waals surface area (Å²) in [5.74, 6) is 0.428. The number of piperazine rings is 1. The molecule has 1 aliphatic rings. The first-order chi connectivity index (χ1) is 17.9. The van der Waals surface area contributed by atoms with Crippen molar-refractivity contribution in [2.24, 2.45) is 0 Å². The van der Waals surface area contributed by atoms with Gasteiger partial charge in [-0.2, -0.15) is 10.2 Å². The molecule has 1 saturated heterocycles. The minimum Gasteiger partial charge on any atom is -0.470 e. The number of hydrogen-bond donors (Lipinski definition) is 0. The molecule has 192 valence electrons. The number of hydrogen-bond acceptors (Lipinski definition) is 5. The quantitative estimate of drug-likeness (QED) is 0.331. The highest BCUT2D eigenvalue weighted by Gasteiger charge is 2.25. The predicted molar refractivity (Wildman–Crippen MR) is 144 cm³/mol. The van der Waals surface area contributed by atoms with Crippen LogP contribution >= 0.6 is 23.2 Å². The third-order valence-corrected chi connectivity index (χ3v) is 7.12. The predicted octanol–water partition coefficient (Wildman–Crippen LogP) is 4.99. The third-order valence-electron chi connectivity index (χ3n) is 6.59. The van der Waals surface area contributed by atoms with Gasteiger partial charge in [-0.3, -0.25) is 9.69 Å². The minimum absolute atomic E-state index is 0.0767. The number of carbonyl (C=O) groups excluding carboxylic acids is 1. The fourth-order valence-electron chi connectivity index (χ4n) is 4.49. The Labute approximate surface area is 225 Å². The SMILES string of the molecule is Cc1nn(-c2ccccc2)c(C)c1CN1CCN(C(=O)c2ccn(COc3ccc(Cl)cc3Cl)n2)CC1. The topological polar surface area (TPSA) is 68.4 Å². The highest BCUT2D eigenvalue weighted by molar-refractivity contribution is 6.35. The lowest BCUT2D eigenvalue weighted by atomic mass is 10.1. The second-order valence-electron chi connectivity index (χ2n) is 9.05. The number of carbonyl (C=O) groups is 1. The Balaban J connectivity index is 1.16. The molecule has 3 heterocycles. The van der Waals surface area contributed by atoms with Crippen LogP contribution in [-0.2, 0) is 13.3 Å². The van der Waals surface area contributed by atoms with Crippen LogP contribution in [0.2, 0.25) is 10.0 Å². The molecule has 0 spiro atoms. The van der Waals surface area contributed by atoms with Gasteiger partial charge >= 0.3 is 0 Å². The smallest absolute Gasteiger partial charge is 0.274 e. The Morgan fingerprint density at radius 2 is 1.73 bits per heavy atom. The summed E-state index contributed by atoms with van der Waals surface area (Å²) in [6.45, 7) is 8.00. The van der Waals surface area contributed by atoms with Crippen molar-refractivity contribution in [3.63, 3.8) is 0 Å². The molecule has 8 nitrogen and oxygen atoms in total. The largest absolute Gasteiger partial charge is 0.470 e. The van der Waals surface area contributed by atoms with Gasteiger partial charge in [0.2, 0.25) is 0 Å². The second-order valence-corrected chi connectivity index (χ2v) is 9.90. The number of aryl methyl sites for hydroxylation is 1. The van der Waals surface area contributed by atoms with Crippen molar-refractivity contribution in [3.05, 3.63) is 93.5 Å². The molecule has 2 aromatic carbocycles. The van der Waals surface area contributed by atoms with Gasteiger partial charge in [-0.15, -0.1) is 0 Å². The van der Waals surface area contributed by atoms with Crippen molar-refractivity contribution in [3.8, 4) is 11.4 Å². The lowest BCUT2D eigenvalue weighted by molar-refractivity contribution is 0.0620. The summed E-state index contributed by atoms with van der Waals surface area (Å²) in [7, 11) is 0. The van der Waals surface area contributed by atoms with Gasteiger partial charge in [0, 0.05) is 55.2 Å². The zero-order chi connectivity index (χ0) is 25.9. The first-order valence-corrected chi connectivity index (χ1v) is 12.9. The highest BCUT2D eigenvalue weighted by Crippen LogP contribution is 2.27. The number of nitrogens with zero attached hydrogens (tertiary/aromatic N) is 6. The number of rotatable bonds is 7. The molecular weight excluding hydrogens is 511 g/mol. The molecule has 10 heteroatoms. The Morgan fingerprint density at radius 1 is 0.973 bits per heavy atom. The van der Waals surface area contributed by atoms with Crippen LogP contribution in [0.25, 0.3) is 5.69 Å². The molecule has 0 unspecified atom stereocenters. The van der Waals surface area contributed by atoms with E-state index < -0.39 is 0 Å². The maximum atomic E-state index is 13.1. The van der Waals surface area contributed by atoms with Crippen LogP contribution in [0.15, 0.2) is 60.8 Å². The minimum atomic E-state index is -0.0767. The van der Waals surface area contributed by atoms with Crippen LogP contribution in [0, 0.1) is 13.8 Å². The molecule has 4 aromatic rings. The number of aromatic nitrogens is 4. The summed E-state index contributed by atoms with van der Waals surface area (Å²) in [4.78, 5) is 17.3. The lowest BCUT2D eigenvalue weighted by Gasteiger charge is -2.34. The van der Waals surface area contributed by atoms with Gasteiger partial charge in [0.1, 0.15) is 5.75 Å².